The van der Waals surface area contributed by atoms with Crippen LogP contribution < -0.4 is 0 Å². The van der Waals surface area contributed by atoms with Crippen molar-refractivity contribution in [1.29, 1.82) is 0 Å². The van der Waals surface area contributed by atoms with Crippen molar-refractivity contribution in [3.8, 4) is 0 Å². The zero-order chi connectivity index (χ0) is 8.51. The minimum atomic E-state index is -2.79. The van der Waals surface area contributed by atoms with E-state index in [1.54, 1.807) is 0 Å². The molecule has 0 saturated carbocycles. The van der Waals surface area contributed by atoms with Crippen molar-refractivity contribution in [1.82, 2.24) is 0 Å². The van der Waals surface area contributed by atoms with Gasteiger partial charge in [0.25, 0.3) is 0 Å². The van der Waals surface area contributed by atoms with Gasteiger partial charge in [-0.25, -0.2) is 8.42 Å². The van der Waals surface area contributed by atoms with E-state index in [0.717, 1.165) is 6.42 Å². The van der Waals surface area contributed by atoms with Crippen LogP contribution in [0.5, 0.6) is 0 Å². The Hall–Kier alpha value is -0.0900. The van der Waals surface area contributed by atoms with Crippen molar-refractivity contribution in [3.63, 3.8) is 0 Å². The summed E-state index contributed by atoms with van der Waals surface area (Å²) in [5.41, 5.74) is 0. The van der Waals surface area contributed by atoms with Gasteiger partial charge in [-0.1, -0.05) is 6.92 Å². The zero-order valence-electron chi connectivity index (χ0n) is 6.93. The molecule has 3 nitrogen and oxygen atoms in total. The first-order valence-electron chi connectivity index (χ1n) is 4.46. The van der Waals surface area contributed by atoms with E-state index in [0.29, 0.717) is 17.6 Å². The maximum Gasteiger partial charge on any atom is 0.156 e. The molecule has 3 rings (SSSR count). The summed E-state index contributed by atoms with van der Waals surface area (Å²) in [7, 11) is -2.79. The quantitative estimate of drug-likeness (QED) is 0.545. The molecule has 0 aromatic carbocycles. The Balaban J connectivity index is 2.11. The van der Waals surface area contributed by atoms with Crippen LogP contribution in [0.3, 0.4) is 0 Å². The maximum atomic E-state index is 11.5. The summed E-state index contributed by atoms with van der Waals surface area (Å²) >= 11 is 0. The molecule has 3 saturated heterocycles. The first-order valence-corrected chi connectivity index (χ1v) is 6.18. The Morgan fingerprint density at radius 3 is 2.75 bits per heavy atom. The third-order valence-electron chi connectivity index (χ3n) is 3.73. The molecule has 3 heterocycles. The Morgan fingerprint density at radius 2 is 2.17 bits per heavy atom. The van der Waals surface area contributed by atoms with E-state index < -0.39 is 9.84 Å². The number of hydrogen-bond donors (Lipinski definition) is 0. The van der Waals surface area contributed by atoms with Gasteiger partial charge in [-0.05, 0) is 12.3 Å². The summed E-state index contributed by atoms with van der Waals surface area (Å²) in [4.78, 5) is 0. The van der Waals surface area contributed by atoms with Gasteiger partial charge < -0.3 is 4.74 Å². The summed E-state index contributed by atoms with van der Waals surface area (Å²) in [6.45, 7) is 2.12. The first kappa shape index (κ1) is 7.33. The smallest absolute Gasteiger partial charge is 0.156 e. The second kappa shape index (κ2) is 1.87. The fourth-order valence-electron chi connectivity index (χ4n) is 2.99. The molecule has 0 amide bonds. The minimum absolute atomic E-state index is 0.0509. The Morgan fingerprint density at radius 1 is 1.42 bits per heavy atom. The molecule has 0 N–H and O–H groups in total. The van der Waals surface area contributed by atoms with Gasteiger partial charge >= 0.3 is 0 Å². The van der Waals surface area contributed by atoms with Gasteiger partial charge in [0.2, 0.25) is 0 Å². The fraction of sp³-hybridized carbons (Fsp3) is 1.00. The minimum Gasteiger partial charge on any atom is -0.373 e. The average molecular weight is 188 g/mol. The van der Waals surface area contributed by atoms with E-state index in [1.807, 2.05) is 0 Å². The Kier molecular flexibility index (Phi) is 1.14. The van der Waals surface area contributed by atoms with Crippen molar-refractivity contribution in [3.05, 3.63) is 0 Å². The molecular weight excluding hydrogens is 176 g/mol. The van der Waals surface area contributed by atoms with Crippen molar-refractivity contribution in [2.24, 2.45) is 11.8 Å². The number of rotatable bonds is 0. The van der Waals surface area contributed by atoms with Crippen LogP contribution in [0.4, 0.5) is 0 Å². The molecule has 4 heteroatoms. The molecule has 12 heavy (non-hydrogen) atoms. The number of hydrogen-bond acceptors (Lipinski definition) is 3. The van der Waals surface area contributed by atoms with Gasteiger partial charge in [0.15, 0.2) is 9.84 Å². The van der Waals surface area contributed by atoms with Gasteiger partial charge in [-0.3, -0.25) is 0 Å². The summed E-state index contributed by atoms with van der Waals surface area (Å²) in [6, 6.07) is 0. The highest BCUT2D eigenvalue weighted by Crippen LogP contribution is 2.51. The Bertz CT molecular complexity index is 321. The van der Waals surface area contributed by atoms with E-state index in [1.165, 1.54) is 0 Å². The number of ether oxygens (including phenoxy) is 1. The molecule has 5 atom stereocenters. The SMILES string of the molecule is CC1C2CC3C(O2)[C@@H]1CS3(=O)=O. The second-order valence-corrected chi connectivity index (χ2v) is 6.53. The summed E-state index contributed by atoms with van der Waals surface area (Å²) < 4.78 is 28.7. The third-order valence-corrected chi connectivity index (χ3v) is 5.97. The van der Waals surface area contributed by atoms with E-state index in [-0.39, 0.29) is 17.5 Å². The molecule has 68 valence electrons. The predicted octanol–water partition coefficient (Wildman–Crippen LogP) is 0.207. The van der Waals surface area contributed by atoms with E-state index in [4.69, 9.17) is 4.74 Å². The van der Waals surface area contributed by atoms with Crippen molar-refractivity contribution < 1.29 is 13.2 Å². The topological polar surface area (TPSA) is 43.4 Å². The van der Waals surface area contributed by atoms with Crippen molar-refractivity contribution >= 4 is 9.84 Å². The number of fused-ring (bicyclic) bond motifs is 1. The highest BCUT2D eigenvalue weighted by molar-refractivity contribution is 7.92. The zero-order valence-corrected chi connectivity index (χ0v) is 7.75. The molecule has 3 aliphatic rings. The van der Waals surface area contributed by atoms with Crippen molar-refractivity contribution in [2.75, 3.05) is 5.75 Å². The number of sulfone groups is 1. The van der Waals surface area contributed by atoms with Crippen LogP contribution >= 0.6 is 0 Å². The third kappa shape index (κ3) is 0.646. The lowest BCUT2D eigenvalue weighted by atomic mass is 9.82. The Labute approximate surface area is 72.0 Å². The summed E-state index contributed by atoms with van der Waals surface area (Å²) in [5.74, 6) is 1.14. The molecule has 3 aliphatic heterocycles. The lowest BCUT2D eigenvalue weighted by Gasteiger charge is -2.18. The summed E-state index contributed by atoms with van der Waals surface area (Å²) in [5, 5.41) is -0.149. The monoisotopic (exact) mass is 188 g/mol. The van der Waals surface area contributed by atoms with Crippen LogP contribution in [0, 0.1) is 11.8 Å². The largest absolute Gasteiger partial charge is 0.373 e. The lowest BCUT2D eigenvalue weighted by molar-refractivity contribution is 0.0923. The highest BCUT2D eigenvalue weighted by atomic mass is 32.2. The lowest BCUT2D eigenvalue weighted by Crippen LogP contribution is -2.29. The highest BCUT2D eigenvalue weighted by Gasteiger charge is 2.62. The predicted molar refractivity (Wildman–Crippen MR) is 43.5 cm³/mol. The fourth-order valence-corrected chi connectivity index (χ4v) is 5.42. The standard InChI is InChI=1S/C8H12O3S/c1-4-5-3-12(9,10)7-2-6(4)11-8(5)7/h4-8H,2-3H2,1H3/t4?,5-,6?,7?,8?/m1/s1. The molecule has 0 spiro atoms. The molecule has 0 aliphatic carbocycles. The molecule has 0 aromatic rings. The van der Waals surface area contributed by atoms with E-state index in [2.05, 4.69) is 6.92 Å². The average Bonchev–Trinajstić information content (AvgIpc) is 2.54. The van der Waals surface area contributed by atoms with Gasteiger partial charge in [-0.15, -0.1) is 0 Å². The van der Waals surface area contributed by atoms with Gasteiger partial charge in [-0.2, -0.15) is 0 Å². The van der Waals surface area contributed by atoms with Crippen LogP contribution in [0.1, 0.15) is 13.3 Å². The van der Waals surface area contributed by atoms with Crippen LogP contribution in [0.15, 0.2) is 0 Å². The van der Waals surface area contributed by atoms with Gasteiger partial charge in [0.1, 0.15) is 0 Å². The molecule has 3 fully saturated rings. The first-order chi connectivity index (χ1) is 5.59. The van der Waals surface area contributed by atoms with Gasteiger partial charge in [0.05, 0.1) is 23.2 Å². The molecule has 4 unspecified atom stereocenters. The summed E-state index contributed by atoms with van der Waals surface area (Å²) in [6.07, 6.45) is 1.04. The van der Waals surface area contributed by atoms with Crippen molar-refractivity contribution in [2.45, 2.75) is 30.8 Å². The normalized spacial score (nSPS) is 59.6. The maximum absolute atomic E-state index is 11.5. The van der Waals surface area contributed by atoms with Crippen LogP contribution in [-0.2, 0) is 14.6 Å². The van der Waals surface area contributed by atoms with Crippen LogP contribution in [0.2, 0.25) is 0 Å². The van der Waals surface area contributed by atoms with Gasteiger partial charge in [0, 0.05) is 5.92 Å². The van der Waals surface area contributed by atoms with Crippen LogP contribution in [0.25, 0.3) is 0 Å². The second-order valence-electron chi connectivity index (χ2n) is 4.27. The van der Waals surface area contributed by atoms with E-state index in [9.17, 15) is 8.42 Å². The molecule has 0 radical (unpaired) electrons. The van der Waals surface area contributed by atoms with Crippen LogP contribution in [-0.4, -0.2) is 31.6 Å². The molecular formula is C8H12O3S. The molecule has 0 aromatic heterocycles. The van der Waals surface area contributed by atoms with E-state index >= 15 is 0 Å². The molecule has 2 bridgehead atoms.